The molecule has 0 radical (unpaired) electrons. The highest BCUT2D eigenvalue weighted by atomic mass is 35.5. The van der Waals surface area contributed by atoms with Crippen LogP contribution in [0.3, 0.4) is 0 Å². The summed E-state index contributed by atoms with van der Waals surface area (Å²) in [6.07, 6.45) is -1.08. The van der Waals surface area contributed by atoms with Crippen molar-refractivity contribution in [2.24, 2.45) is 0 Å². The first-order valence-electron chi connectivity index (χ1n) is 4.94. The molecule has 1 unspecified atom stereocenters. The van der Waals surface area contributed by atoms with Crippen molar-refractivity contribution in [1.82, 2.24) is 0 Å². The molecule has 0 fully saturated rings. The van der Waals surface area contributed by atoms with E-state index in [1.54, 1.807) is 0 Å². The maximum absolute atomic E-state index is 11.1. The molecule has 0 rings (SSSR count). The number of carbonyl (C=O) groups excluding carboxylic acids is 3. The SMILES string of the molecule is C=C(C)C(=O)OCC(CCl)OC(=O)CC(C)=O. The van der Waals surface area contributed by atoms with E-state index in [4.69, 9.17) is 21.1 Å². The molecule has 96 valence electrons. The van der Waals surface area contributed by atoms with Crippen LogP contribution in [0, 0.1) is 0 Å². The van der Waals surface area contributed by atoms with E-state index >= 15 is 0 Å². The van der Waals surface area contributed by atoms with Crippen molar-refractivity contribution in [3.63, 3.8) is 0 Å². The van der Waals surface area contributed by atoms with Gasteiger partial charge in [0, 0.05) is 5.57 Å². The van der Waals surface area contributed by atoms with Crippen LogP contribution in [0.2, 0.25) is 0 Å². The Kier molecular flexibility index (Phi) is 7.21. The Morgan fingerprint density at radius 1 is 1.29 bits per heavy atom. The predicted molar refractivity (Wildman–Crippen MR) is 61.7 cm³/mol. The molecular formula is C11H15ClO5. The second-order valence-corrected chi connectivity index (χ2v) is 3.83. The molecule has 0 saturated heterocycles. The van der Waals surface area contributed by atoms with E-state index in [2.05, 4.69) is 6.58 Å². The topological polar surface area (TPSA) is 69.7 Å². The Morgan fingerprint density at radius 3 is 2.29 bits per heavy atom. The number of rotatable bonds is 7. The number of alkyl halides is 1. The van der Waals surface area contributed by atoms with Gasteiger partial charge in [0.15, 0.2) is 0 Å². The van der Waals surface area contributed by atoms with Crippen LogP contribution in [0.1, 0.15) is 20.3 Å². The number of Topliss-reactive ketones (excluding diaryl/α,β-unsaturated/α-hetero) is 1. The minimum Gasteiger partial charge on any atom is -0.458 e. The molecule has 1 atom stereocenters. The Bertz CT molecular complexity index is 324. The highest BCUT2D eigenvalue weighted by Crippen LogP contribution is 2.02. The van der Waals surface area contributed by atoms with Crippen molar-refractivity contribution in [3.8, 4) is 0 Å². The molecule has 0 aliphatic heterocycles. The van der Waals surface area contributed by atoms with Crippen molar-refractivity contribution in [3.05, 3.63) is 12.2 Å². The standard InChI is InChI=1S/C11H15ClO5/c1-7(2)11(15)16-6-9(5-12)17-10(14)4-8(3)13/h9H,1,4-6H2,2-3H3. The monoisotopic (exact) mass is 262 g/mol. The number of esters is 2. The van der Waals surface area contributed by atoms with Gasteiger partial charge in [-0.15, -0.1) is 11.6 Å². The van der Waals surface area contributed by atoms with E-state index in [0.29, 0.717) is 0 Å². The normalized spacial score (nSPS) is 11.5. The Balaban J connectivity index is 4.08. The Labute approximate surface area is 105 Å². The van der Waals surface area contributed by atoms with Gasteiger partial charge in [-0.3, -0.25) is 9.59 Å². The molecule has 0 bridgehead atoms. The van der Waals surface area contributed by atoms with E-state index in [1.807, 2.05) is 0 Å². The summed E-state index contributed by atoms with van der Waals surface area (Å²) in [5, 5.41) is 0. The molecule has 0 aromatic rings. The number of ether oxygens (including phenoxy) is 2. The van der Waals surface area contributed by atoms with Gasteiger partial charge in [-0.2, -0.15) is 0 Å². The number of hydrogen-bond donors (Lipinski definition) is 0. The van der Waals surface area contributed by atoms with Crippen molar-refractivity contribution in [1.29, 1.82) is 0 Å². The van der Waals surface area contributed by atoms with Crippen LogP contribution in [0.15, 0.2) is 12.2 Å². The summed E-state index contributed by atoms with van der Waals surface area (Å²) in [4.78, 5) is 32.9. The Morgan fingerprint density at radius 2 is 1.88 bits per heavy atom. The summed E-state index contributed by atoms with van der Waals surface area (Å²) in [7, 11) is 0. The smallest absolute Gasteiger partial charge is 0.333 e. The molecular weight excluding hydrogens is 248 g/mol. The van der Waals surface area contributed by atoms with Gasteiger partial charge in [0.2, 0.25) is 0 Å². The van der Waals surface area contributed by atoms with Crippen LogP contribution in [0.25, 0.3) is 0 Å². The molecule has 17 heavy (non-hydrogen) atoms. The molecule has 0 spiro atoms. The molecule has 0 saturated carbocycles. The second-order valence-electron chi connectivity index (χ2n) is 3.52. The van der Waals surface area contributed by atoms with Gasteiger partial charge < -0.3 is 9.47 Å². The van der Waals surface area contributed by atoms with Crippen LogP contribution < -0.4 is 0 Å². The highest BCUT2D eigenvalue weighted by Gasteiger charge is 2.17. The van der Waals surface area contributed by atoms with E-state index in [9.17, 15) is 14.4 Å². The minimum atomic E-state index is -0.758. The number of carbonyl (C=O) groups is 3. The van der Waals surface area contributed by atoms with Crippen LogP contribution in [0.5, 0.6) is 0 Å². The molecule has 0 aromatic heterocycles. The maximum Gasteiger partial charge on any atom is 0.333 e. The van der Waals surface area contributed by atoms with Crippen LogP contribution in [-0.4, -0.2) is 36.3 Å². The largest absolute Gasteiger partial charge is 0.458 e. The van der Waals surface area contributed by atoms with Crippen molar-refractivity contribution in [2.75, 3.05) is 12.5 Å². The summed E-state index contributed by atoms with van der Waals surface area (Å²) in [6, 6.07) is 0. The zero-order valence-electron chi connectivity index (χ0n) is 9.82. The Hall–Kier alpha value is -1.36. The summed E-state index contributed by atoms with van der Waals surface area (Å²) in [5.41, 5.74) is 0.244. The van der Waals surface area contributed by atoms with E-state index < -0.39 is 18.0 Å². The third kappa shape index (κ3) is 7.52. The summed E-state index contributed by atoms with van der Waals surface area (Å²) in [6.45, 7) is 6.02. The lowest BCUT2D eigenvalue weighted by Crippen LogP contribution is -2.27. The van der Waals surface area contributed by atoms with Gasteiger partial charge in [-0.05, 0) is 13.8 Å². The zero-order chi connectivity index (χ0) is 13.4. The molecule has 0 aromatic carbocycles. The maximum atomic E-state index is 11.1. The first kappa shape index (κ1) is 15.6. The fourth-order valence-corrected chi connectivity index (χ4v) is 0.985. The lowest BCUT2D eigenvalue weighted by atomic mass is 10.3. The van der Waals surface area contributed by atoms with Crippen molar-refractivity contribution in [2.45, 2.75) is 26.4 Å². The summed E-state index contributed by atoms with van der Waals surface area (Å²) in [5.74, 6) is -1.59. The first-order valence-corrected chi connectivity index (χ1v) is 5.47. The predicted octanol–water partition coefficient (Wildman–Crippen LogP) is 1.24. The van der Waals surface area contributed by atoms with E-state index in [-0.39, 0.29) is 30.3 Å². The van der Waals surface area contributed by atoms with Gasteiger partial charge in [-0.25, -0.2) is 4.79 Å². The second kappa shape index (κ2) is 7.84. The third-order valence-corrected chi connectivity index (χ3v) is 1.96. The number of halogens is 1. The van der Waals surface area contributed by atoms with Crippen LogP contribution >= 0.6 is 11.6 Å². The first-order chi connectivity index (χ1) is 7.86. The van der Waals surface area contributed by atoms with E-state index in [1.165, 1.54) is 13.8 Å². The minimum absolute atomic E-state index is 0.0207. The van der Waals surface area contributed by atoms with Gasteiger partial charge in [0.25, 0.3) is 0 Å². The quantitative estimate of drug-likeness (QED) is 0.299. The zero-order valence-corrected chi connectivity index (χ0v) is 10.6. The molecule has 6 heteroatoms. The van der Waals surface area contributed by atoms with Crippen molar-refractivity contribution < 1.29 is 23.9 Å². The molecule has 0 N–H and O–H groups in total. The molecule has 5 nitrogen and oxygen atoms in total. The van der Waals surface area contributed by atoms with E-state index in [0.717, 1.165) is 0 Å². The van der Waals surface area contributed by atoms with Crippen LogP contribution in [0.4, 0.5) is 0 Å². The lowest BCUT2D eigenvalue weighted by Gasteiger charge is -2.15. The number of hydrogen-bond acceptors (Lipinski definition) is 5. The average molecular weight is 263 g/mol. The average Bonchev–Trinajstić information content (AvgIpc) is 2.22. The van der Waals surface area contributed by atoms with Crippen LogP contribution in [-0.2, 0) is 23.9 Å². The van der Waals surface area contributed by atoms with Crippen molar-refractivity contribution >= 4 is 29.3 Å². The van der Waals surface area contributed by atoms with Gasteiger partial charge in [0.1, 0.15) is 24.9 Å². The summed E-state index contributed by atoms with van der Waals surface area (Å²) >= 11 is 5.54. The van der Waals surface area contributed by atoms with Gasteiger partial charge in [0.05, 0.1) is 5.88 Å². The number of ketones is 1. The third-order valence-electron chi connectivity index (χ3n) is 1.61. The molecule has 0 aliphatic rings. The fraction of sp³-hybridized carbons (Fsp3) is 0.545. The van der Waals surface area contributed by atoms with Gasteiger partial charge >= 0.3 is 11.9 Å². The van der Waals surface area contributed by atoms with Gasteiger partial charge in [-0.1, -0.05) is 6.58 Å². The lowest BCUT2D eigenvalue weighted by molar-refractivity contribution is -0.156. The fourth-order valence-electron chi connectivity index (χ4n) is 0.833. The molecule has 0 amide bonds. The molecule has 0 aliphatic carbocycles. The summed E-state index contributed by atoms with van der Waals surface area (Å²) < 4.78 is 9.62. The molecule has 0 heterocycles. The highest BCUT2D eigenvalue weighted by molar-refractivity contribution is 6.18.